The van der Waals surface area contributed by atoms with E-state index in [9.17, 15) is 0 Å². The summed E-state index contributed by atoms with van der Waals surface area (Å²) in [6.07, 6.45) is 0. The quantitative estimate of drug-likeness (QED) is 0.644. The number of halogens is 1. The Morgan fingerprint density at radius 1 is 1.06 bits per heavy atom. The second-order valence-electron chi connectivity index (χ2n) is 3.09. The predicted octanol–water partition coefficient (Wildman–Crippen LogP) is 2.15. The van der Waals surface area contributed by atoms with Crippen LogP contribution in [0.25, 0.3) is 0 Å². The highest BCUT2D eigenvalue weighted by atomic mass is 79.9. The van der Waals surface area contributed by atoms with E-state index in [0.717, 1.165) is 17.6 Å². The SMILES string of the molecule is COc1cc(CNCBr)cc(OC)c1OC. The van der Waals surface area contributed by atoms with Crippen molar-refractivity contribution in [2.75, 3.05) is 26.8 Å². The fraction of sp³-hybridized carbons (Fsp3) is 0.455. The van der Waals surface area contributed by atoms with E-state index in [0.29, 0.717) is 17.2 Å². The van der Waals surface area contributed by atoms with Gasteiger partial charge in [-0.3, -0.25) is 0 Å². The van der Waals surface area contributed by atoms with Crippen LogP contribution in [0.3, 0.4) is 0 Å². The standard InChI is InChI=1S/C11H16BrNO3/c1-14-9-4-8(6-13-7-12)5-10(15-2)11(9)16-3/h4-5,13H,6-7H2,1-3H3. The van der Waals surface area contributed by atoms with Gasteiger partial charge in [-0.15, -0.1) is 0 Å². The summed E-state index contributed by atoms with van der Waals surface area (Å²) in [5, 5.41) is 3.17. The Morgan fingerprint density at radius 3 is 2.00 bits per heavy atom. The molecule has 0 saturated carbocycles. The zero-order valence-electron chi connectivity index (χ0n) is 9.67. The van der Waals surface area contributed by atoms with E-state index in [4.69, 9.17) is 14.2 Å². The molecule has 0 aromatic heterocycles. The van der Waals surface area contributed by atoms with E-state index in [-0.39, 0.29) is 0 Å². The van der Waals surface area contributed by atoms with Crippen LogP contribution in [-0.2, 0) is 6.54 Å². The second kappa shape index (κ2) is 6.60. The lowest BCUT2D eigenvalue weighted by atomic mass is 10.2. The topological polar surface area (TPSA) is 39.7 Å². The number of methoxy groups -OCH3 is 3. The number of hydrogen-bond donors (Lipinski definition) is 1. The molecule has 1 rings (SSSR count). The first-order valence-electron chi connectivity index (χ1n) is 4.82. The average molecular weight is 290 g/mol. The summed E-state index contributed by atoms with van der Waals surface area (Å²) in [5.74, 6) is 1.97. The summed E-state index contributed by atoms with van der Waals surface area (Å²) < 4.78 is 15.7. The highest BCUT2D eigenvalue weighted by molar-refractivity contribution is 9.09. The zero-order chi connectivity index (χ0) is 12.0. The number of ether oxygens (including phenoxy) is 3. The van der Waals surface area contributed by atoms with Gasteiger partial charge in [0.1, 0.15) is 0 Å². The Morgan fingerprint density at radius 2 is 1.62 bits per heavy atom. The van der Waals surface area contributed by atoms with E-state index in [1.165, 1.54) is 0 Å². The van der Waals surface area contributed by atoms with Crippen molar-refractivity contribution < 1.29 is 14.2 Å². The average Bonchev–Trinajstić information content (AvgIpc) is 2.34. The minimum atomic E-state index is 0.618. The second-order valence-corrected chi connectivity index (χ2v) is 3.65. The van der Waals surface area contributed by atoms with Crippen molar-refractivity contribution in [3.8, 4) is 17.2 Å². The fourth-order valence-corrected chi connectivity index (χ4v) is 1.63. The molecule has 0 radical (unpaired) electrons. The van der Waals surface area contributed by atoms with Crippen molar-refractivity contribution in [3.63, 3.8) is 0 Å². The number of alkyl halides is 1. The molecule has 0 aliphatic rings. The molecule has 1 aromatic carbocycles. The van der Waals surface area contributed by atoms with Gasteiger partial charge in [-0.05, 0) is 17.7 Å². The molecule has 5 heteroatoms. The molecule has 0 fully saturated rings. The number of hydrogen-bond acceptors (Lipinski definition) is 4. The van der Waals surface area contributed by atoms with Gasteiger partial charge < -0.3 is 19.5 Å². The Balaban J connectivity index is 3.05. The van der Waals surface area contributed by atoms with Crippen LogP contribution in [0.15, 0.2) is 12.1 Å². The fourth-order valence-electron chi connectivity index (χ4n) is 1.43. The van der Waals surface area contributed by atoms with E-state index < -0.39 is 0 Å². The third kappa shape index (κ3) is 3.02. The molecule has 0 heterocycles. The highest BCUT2D eigenvalue weighted by Crippen LogP contribution is 2.38. The minimum Gasteiger partial charge on any atom is -0.493 e. The van der Waals surface area contributed by atoms with Gasteiger partial charge in [0.25, 0.3) is 0 Å². The molecular weight excluding hydrogens is 274 g/mol. The maximum Gasteiger partial charge on any atom is 0.203 e. The summed E-state index contributed by atoms with van der Waals surface area (Å²) in [4.78, 5) is 0. The molecule has 0 spiro atoms. The lowest BCUT2D eigenvalue weighted by molar-refractivity contribution is 0.323. The van der Waals surface area contributed by atoms with E-state index in [2.05, 4.69) is 21.2 Å². The molecule has 0 saturated heterocycles. The summed E-state index contributed by atoms with van der Waals surface area (Å²) in [6.45, 7) is 0.738. The van der Waals surface area contributed by atoms with Gasteiger partial charge in [0, 0.05) is 6.54 Å². The summed E-state index contributed by atoms with van der Waals surface area (Å²) >= 11 is 3.31. The van der Waals surface area contributed by atoms with Crippen LogP contribution >= 0.6 is 15.9 Å². The van der Waals surface area contributed by atoms with Gasteiger partial charge in [0.05, 0.1) is 26.8 Å². The van der Waals surface area contributed by atoms with Crippen molar-refractivity contribution in [2.45, 2.75) is 6.54 Å². The normalized spacial score (nSPS) is 10.0. The Labute approximate surface area is 104 Å². The monoisotopic (exact) mass is 289 g/mol. The summed E-state index contributed by atoms with van der Waals surface area (Å²) in [7, 11) is 4.81. The van der Waals surface area contributed by atoms with Gasteiger partial charge in [0.2, 0.25) is 5.75 Å². The first kappa shape index (κ1) is 13.1. The van der Waals surface area contributed by atoms with Crippen molar-refractivity contribution in [1.82, 2.24) is 5.32 Å². The highest BCUT2D eigenvalue weighted by Gasteiger charge is 2.12. The molecule has 0 aliphatic carbocycles. The smallest absolute Gasteiger partial charge is 0.203 e. The summed E-state index contributed by atoms with van der Waals surface area (Å²) in [5.41, 5.74) is 1.82. The van der Waals surface area contributed by atoms with Gasteiger partial charge in [0.15, 0.2) is 11.5 Å². The molecular formula is C11H16BrNO3. The van der Waals surface area contributed by atoms with Crippen LogP contribution in [0.5, 0.6) is 17.2 Å². The summed E-state index contributed by atoms with van der Waals surface area (Å²) in [6, 6.07) is 3.86. The first-order chi connectivity index (χ1) is 7.76. The first-order valence-corrected chi connectivity index (χ1v) is 5.94. The third-order valence-electron chi connectivity index (χ3n) is 2.15. The Kier molecular flexibility index (Phi) is 5.42. The van der Waals surface area contributed by atoms with Crippen LogP contribution in [0.1, 0.15) is 5.56 Å². The van der Waals surface area contributed by atoms with Crippen molar-refractivity contribution >= 4 is 15.9 Å². The van der Waals surface area contributed by atoms with E-state index in [1.807, 2.05) is 12.1 Å². The molecule has 0 aliphatic heterocycles. The molecule has 4 nitrogen and oxygen atoms in total. The molecule has 0 unspecified atom stereocenters. The van der Waals surface area contributed by atoms with Crippen LogP contribution in [0, 0.1) is 0 Å². The maximum absolute atomic E-state index is 5.25. The molecule has 0 amide bonds. The largest absolute Gasteiger partial charge is 0.493 e. The molecule has 0 atom stereocenters. The zero-order valence-corrected chi connectivity index (χ0v) is 11.3. The van der Waals surface area contributed by atoms with E-state index in [1.54, 1.807) is 21.3 Å². The van der Waals surface area contributed by atoms with Crippen molar-refractivity contribution in [3.05, 3.63) is 17.7 Å². The van der Waals surface area contributed by atoms with Crippen LogP contribution in [-0.4, -0.2) is 26.8 Å². The van der Waals surface area contributed by atoms with Crippen LogP contribution in [0.4, 0.5) is 0 Å². The minimum absolute atomic E-state index is 0.618. The predicted molar refractivity (Wildman–Crippen MR) is 66.7 cm³/mol. The van der Waals surface area contributed by atoms with Crippen molar-refractivity contribution in [1.29, 1.82) is 0 Å². The van der Waals surface area contributed by atoms with Gasteiger partial charge in [-0.2, -0.15) is 0 Å². The lowest BCUT2D eigenvalue weighted by Gasteiger charge is -2.14. The Hall–Kier alpha value is -0.940. The number of rotatable bonds is 6. The molecule has 16 heavy (non-hydrogen) atoms. The number of nitrogens with one attached hydrogen (secondary N) is 1. The lowest BCUT2D eigenvalue weighted by Crippen LogP contribution is -2.10. The van der Waals surface area contributed by atoms with Gasteiger partial charge >= 0.3 is 0 Å². The molecule has 0 bridgehead atoms. The molecule has 1 N–H and O–H groups in total. The van der Waals surface area contributed by atoms with Crippen LogP contribution in [0.2, 0.25) is 0 Å². The number of benzene rings is 1. The third-order valence-corrected chi connectivity index (χ3v) is 2.54. The Bertz CT molecular complexity index is 319. The molecule has 1 aromatic rings. The van der Waals surface area contributed by atoms with Gasteiger partial charge in [-0.25, -0.2) is 0 Å². The van der Waals surface area contributed by atoms with Crippen molar-refractivity contribution in [2.24, 2.45) is 0 Å². The maximum atomic E-state index is 5.25. The van der Waals surface area contributed by atoms with E-state index >= 15 is 0 Å². The van der Waals surface area contributed by atoms with Crippen LogP contribution < -0.4 is 19.5 Å². The van der Waals surface area contributed by atoms with Gasteiger partial charge in [-0.1, -0.05) is 15.9 Å². The molecule has 90 valence electrons.